The smallest absolute Gasteiger partial charge is 0.334 e. The average Bonchev–Trinajstić information content (AvgIpc) is 3.11. The summed E-state index contributed by atoms with van der Waals surface area (Å²) in [4.78, 5) is 12.5. The first-order valence-electron chi connectivity index (χ1n) is 11.5. The predicted molar refractivity (Wildman–Crippen MR) is 113 cm³/mol. The molecule has 162 valence electrons. The predicted octanol–water partition coefficient (Wildman–Crippen LogP) is 4.55. The molecule has 1 saturated heterocycles. The maximum atomic E-state index is 12.5. The molecule has 4 aliphatic rings. The molecule has 0 aromatic carbocycles. The molecule has 0 amide bonds. The zero-order chi connectivity index (χ0) is 21.2. The molecule has 8 atom stereocenters. The molecule has 0 aromatic heterocycles. The number of rotatable bonds is 4. The van der Waals surface area contributed by atoms with Crippen LogP contribution in [0.15, 0.2) is 23.3 Å². The molecule has 1 aliphatic heterocycles. The first kappa shape index (κ1) is 21.1. The van der Waals surface area contributed by atoms with Crippen LogP contribution in [0.2, 0.25) is 0 Å². The summed E-state index contributed by atoms with van der Waals surface area (Å²) in [7, 11) is 0. The Hall–Kier alpha value is -1.13. The molecular formula is C25H38O4. The van der Waals surface area contributed by atoms with E-state index in [0.29, 0.717) is 6.42 Å². The molecule has 0 radical (unpaired) electrons. The Balaban J connectivity index is 1.65. The number of hydrogen-bond acceptors (Lipinski definition) is 4. The van der Waals surface area contributed by atoms with Gasteiger partial charge < -0.3 is 14.9 Å². The Kier molecular flexibility index (Phi) is 5.06. The summed E-state index contributed by atoms with van der Waals surface area (Å²) in [6, 6.07) is 0. The molecule has 2 saturated carbocycles. The van der Waals surface area contributed by atoms with Gasteiger partial charge in [0.05, 0.1) is 11.2 Å². The van der Waals surface area contributed by atoms with Crippen LogP contribution in [0.25, 0.3) is 0 Å². The minimum atomic E-state index is -0.824. The van der Waals surface area contributed by atoms with Gasteiger partial charge in [-0.1, -0.05) is 31.6 Å². The Morgan fingerprint density at radius 1 is 1.28 bits per heavy atom. The summed E-state index contributed by atoms with van der Waals surface area (Å²) in [6.45, 7) is 10.6. The number of ether oxygens (including phenoxy) is 1. The zero-order valence-electron chi connectivity index (χ0n) is 18.7. The number of carbonyl (C=O) groups is 1. The maximum absolute atomic E-state index is 12.5. The van der Waals surface area contributed by atoms with Crippen LogP contribution in [0.3, 0.4) is 0 Å². The quantitative estimate of drug-likeness (QED) is 0.535. The van der Waals surface area contributed by atoms with Gasteiger partial charge in [-0.3, -0.25) is 0 Å². The number of allylic oxidation sites excluding steroid dienone is 3. The van der Waals surface area contributed by atoms with E-state index in [0.717, 1.165) is 44.1 Å². The van der Waals surface area contributed by atoms with Crippen LogP contribution in [-0.2, 0) is 9.53 Å². The van der Waals surface area contributed by atoms with Gasteiger partial charge in [-0.25, -0.2) is 4.79 Å². The van der Waals surface area contributed by atoms with Gasteiger partial charge in [0.15, 0.2) is 0 Å². The second-order valence-electron chi connectivity index (χ2n) is 11.2. The molecule has 2 N–H and O–H groups in total. The first-order chi connectivity index (χ1) is 13.5. The van der Waals surface area contributed by atoms with Crippen LogP contribution in [0.5, 0.6) is 0 Å². The third-order valence-electron chi connectivity index (χ3n) is 8.91. The average molecular weight is 403 g/mol. The molecule has 4 nitrogen and oxygen atoms in total. The van der Waals surface area contributed by atoms with Crippen molar-refractivity contribution in [3.8, 4) is 0 Å². The lowest BCUT2D eigenvalue weighted by atomic mass is 9.61. The van der Waals surface area contributed by atoms with Crippen molar-refractivity contribution in [2.24, 2.45) is 29.1 Å². The normalized spacial score (nSPS) is 48.7. The van der Waals surface area contributed by atoms with Gasteiger partial charge in [-0.15, -0.1) is 0 Å². The summed E-state index contributed by atoms with van der Waals surface area (Å²) in [5.74, 6) is 0.127. The third-order valence-corrected chi connectivity index (χ3v) is 8.91. The van der Waals surface area contributed by atoms with Crippen LogP contribution < -0.4 is 0 Å². The Bertz CT molecular complexity index is 746. The lowest BCUT2D eigenvalue weighted by molar-refractivity contribution is -0.140. The second-order valence-corrected chi connectivity index (χ2v) is 11.2. The molecule has 3 aliphatic carbocycles. The number of esters is 1. The van der Waals surface area contributed by atoms with Crippen molar-refractivity contribution in [1.82, 2.24) is 0 Å². The largest absolute Gasteiger partial charge is 0.458 e. The summed E-state index contributed by atoms with van der Waals surface area (Å²) < 4.78 is 5.64. The highest BCUT2D eigenvalue weighted by atomic mass is 16.6. The number of carbonyl (C=O) groups excluding carboxylic acids is 1. The Labute approximate surface area is 175 Å². The van der Waals surface area contributed by atoms with E-state index >= 15 is 0 Å². The molecular weight excluding hydrogens is 364 g/mol. The molecule has 1 heterocycles. The fraction of sp³-hybridized carbons (Fsp3) is 0.800. The van der Waals surface area contributed by atoms with Gasteiger partial charge in [0, 0.05) is 17.9 Å². The van der Waals surface area contributed by atoms with Crippen molar-refractivity contribution >= 4 is 5.97 Å². The topological polar surface area (TPSA) is 66.8 Å². The van der Waals surface area contributed by atoms with Gasteiger partial charge in [0.25, 0.3) is 0 Å². The number of fused-ring (bicyclic) bond motifs is 1. The van der Waals surface area contributed by atoms with Crippen LogP contribution >= 0.6 is 0 Å². The molecule has 29 heavy (non-hydrogen) atoms. The van der Waals surface area contributed by atoms with E-state index in [1.165, 1.54) is 5.57 Å². The molecule has 0 spiro atoms. The monoisotopic (exact) mass is 402 g/mol. The summed E-state index contributed by atoms with van der Waals surface area (Å²) in [5, 5.41) is 23.0. The van der Waals surface area contributed by atoms with E-state index in [1.807, 2.05) is 6.92 Å². The van der Waals surface area contributed by atoms with Crippen molar-refractivity contribution in [3.05, 3.63) is 23.3 Å². The molecule has 4 heteroatoms. The molecule has 4 rings (SSSR count). The molecule has 0 unspecified atom stereocenters. The molecule has 0 bridgehead atoms. The van der Waals surface area contributed by atoms with E-state index in [-0.39, 0.29) is 41.2 Å². The van der Waals surface area contributed by atoms with E-state index in [1.54, 1.807) is 0 Å². The lowest BCUT2D eigenvalue weighted by Crippen LogP contribution is -2.47. The fourth-order valence-corrected chi connectivity index (χ4v) is 7.15. The van der Waals surface area contributed by atoms with Crippen molar-refractivity contribution in [2.45, 2.75) is 96.9 Å². The SMILES string of the molecule is CC(C)=CCC[C@H](C)[C@@]1(O)CC[C@]2(C)C[C@H]3[C@H]4/C(=C\C[C@H]21)C(=O)O[C@H]4C[C@@]3(C)O. The standard InChI is InChI=1S/C25H38O4/c1-15(2)7-6-8-16(3)25(28)12-11-23(4)13-18-21-17(9-10-20(23)25)22(26)29-19(21)14-24(18,5)27/h7,9,16,18-21,27-28H,6,8,10-14H2,1-5H3/b17-9+/t16-,18-,19-,20+,21+,23+,24+,25-/m0/s1. The van der Waals surface area contributed by atoms with Crippen molar-refractivity contribution in [2.75, 3.05) is 0 Å². The minimum absolute atomic E-state index is 0.0130. The highest BCUT2D eigenvalue weighted by Crippen LogP contribution is 2.62. The first-order valence-corrected chi connectivity index (χ1v) is 11.5. The van der Waals surface area contributed by atoms with Gasteiger partial charge in [-0.2, -0.15) is 0 Å². The summed E-state index contributed by atoms with van der Waals surface area (Å²) in [6.07, 6.45) is 9.97. The van der Waals surface area contributed by atoms with E-state index in [4.69, 9.17) is 4.74 Å². The summed E-state index contributed by atoms with van der Waals surface area (Å²) in [5.41, 5.74) is 0.499. The van der Waals surface area contributed by atoms with Gasteiger partial charge in [-0.05, 0) is 82.5 Å². The van der Waals surface area contributed by atoms with Crippen molar-refractivity contribution in [3.63, 3.8) is 0 Å². The van der Waals surface area contributed by atoms with Crippen molar-refractivity contribution < 1.29 is 19.7 Å². The Morgan fingerprint density at radius 2 is 2.00 bits per heavy atom. The van der Waals surface area contributed by atoms with Crippen LogP contribution in [0, 0.1) is 29.1 Å². The highest BCUT2D eigenvalue weighted by Gasteiger charge is 2.63. The van der Waals surface area contributed by atoms with Crippen LogP contribution in [-0.4, -0.2) is 33.5 Å². The zero-order valence-corrected chi connectivity index (χ0v) is 18.7. The molecule has 0 aromatic rings. The van der Waals surface area contributed by atoms with E-state index in [2.05, 4.69) is 39.8 Å². The van der Waals surface area contributed by atoms with Gasteiger partial charge in [0.1, 0.15) is 6.10 Å². The van der Waals surface area contributed by atoms with Crippen LogP contribution in [0.4, 0.5) is 0 Å². The molecule has 3 fully saturated rings. The Morgan fingerprint density at radius 3 is 2.69 bits per heavy atom. The number of aliphatic hydroxyl groups is 2. The lowest BCUT2D eigenvalue weighted by Gasteiger charge is -2.45. The summed E-state index contributed by atoms with van der Waals surface area (Å²) >= 11 is 0. The van der Waals surface area contributed by atoms with Gasteiger partial charge in [0.2, 0.25) is 0 Å². The second kappa shape index (κ2) is 6.95. The van der Waals surface area contributed by atoms with E-state index in [9.17, 15) is 15.0 Å². The maximum Gasteiger partial charge on any atom is 0.334 e. The van der Waals surface area contributed by atoms with Gasteiger partial charge >= 0.3 is 5.97 Å². The third kappa shape index (κ3) is 3.31. The number of hydrogen-bond donors (Lipinski definition) is 2. The fourth-order valence-electron chi connectivity index (χ4n) is 7.15. The van der Waals surface area contributed by atoms with Crippen molar-refractivity contribution in [1.29, 1.82) is 0 Å². The highest BCUT2D eigenvalue weighted by molar-refractivity contribution is 5.92. The van der Waals surface area contributed by atoms with Crippen LogP contribution in [0.1, 0.15) is 79.6 Å². The van der Waals surface area contributed by atoms with E-state index < -0.39 is 11.2 Å². The minimum Gasteiger partial charge on any atom is -0.458 e.